The Kier molecular flexibility index (Phi) is 4.31. The summed E-state index contributed by atoms with van der Waals surface area (Å²) in [5, 5.41) is 8.90. The summed E-state index contributed by atoms with van der Waals surface area (Å²) < 4.78 is 5.14. The molecule has 4 nitrogen and oxygen atoms in total. The number of rotatable bonds is 5. The van der Waals surface area contributed by atoms with Crippen molar-refractivity contribution in [2.24, 2.45) is 11.7 Å². The summed E-state index contributed by atoms with van der Waals surface area (Å²) in [5.74, 6) is -0.563. The highest BCUT2D eigenvalue weighted by Gasteiger charge is 2.16. The summed E-state index contributed by atoms with van der Waals surface area (Å²) in [6.07, 6.45) is 0.455. The van der Waals surface area contributed by atoms with Crippen molar-refractivity contribution < 1.29 is 14.6 Å². The Bertz CT molecular complexity index is 377. The van der Waals surface area contributed by atoms with Gasteiger partial charge in [-0.15, -0.1) is 0 Å². The van der Waals surface area contributed by atoms with E-state index >= 15 is 0 Å². The van der Waals surface area contributed by atoms with Gasteiger partial charge in [0.2, 0.25) is 0 Å². The molecule has 0 bridgehead atoms. The summed E-state index contributed by atoms with van der Waals surface area (Å²) in [5.41, 5.74) is 7.38. The smallest absolute Gasteiger partial charge is 0.308 e. The minimum absolute atomic E-state index is 0.153. The maximum atomic E-state index is 10.8. The van der Waals surface area contributed by atoms with E-state index in [0.717, 1.165) is 16.9 Å². The first-order valence-corrected chi connectivity index (χ1v) is 5.15. The maximum absolute atomic E-state index is 10.8. The molecule has 1 aromatic carbocycles. The lowest BCUT2D eigenvalue weighted by atomic mass is 9.98. The predicted molar refractivity (Wildman–Crippen MR) is 61.6 cm³/mol. The molecule has 0 saturated carbocycles. The average molecular weight is 223 g/mol. The van der Waals surface area contributed by atoms with Crippen molar-refractivity contribution in [3.63, 3.8) is 0 Å². The first-order chi connectivity index (χ1) is 7.58. The number of methoxy groups -OCH3 is 1. The number of aryl methyl sites for hydroxylation is 1. The van der Waals surface area contributed by atoms with E-state index in [4.69, 9.17) is 15.6 Å². The molecule has 4 heteroatoms. The van der Waals surface area contributed by atoms with Crippen LogP contribution in [0.4, 0.5) is 0 Å². The van der Waals surface area contributed by atoms with E-state index in [9.17, 15) is 4.79 Å². The summed E-state index contributed by atoms with van der Waals surface area (Å²) in [6, 6.07) is 5.65. The Morgan fingerprint density at radius 2 is 2.25 bits per heavy atom. The van der Waals surface area contributed by atoms with Crippen molar-refractivity contribution in [3.05, 3.63) is 29.3 Å². The van der Waals surface area contributed by atoms with E-state index in [2.05, 4.69) is 0 Å². The van der Waals surface area contributed by atoms with Gasteiger partial charge in [-0.25, -0.2) is 0 Å². The van der Waals surface area contributed by atoms with E-state index < -0.39 is 11.9 Å². The van der Waals surface area contributed by atoms with Crippen molar-refractivity contribution in [1.29, 1.82) is 0 Å². The number of aliphatic carboxylic acids is 1. The van der Waals surface area contributed by atoms with Crippen LogP contribution in [0.5, 0.6) is 5.75 Å². The third-order valence-electron chi connectivity index (χ3n) is 2.58. The quantitative estimate of drug-likeness (QED) is 0.786. The topological polar surface area (TPSA) is 72.5 Å². The second kappa shape index (κ2) is 5.51. The third kappa shape index (κ3) is 2.97. The van der Waals surface area contributed by atoms with Crippen molar-refractivity contribution in [2.75, 3.05) is 13.7 Å². The lowest BCUT2D eigenvalue weighted by Gasteiger charge is -2.11. The molecule has 3 N–H and O–H groups in total. The monoisotopic (exact) mass is 223 g/mol. The van der Waals surface area contributed by atoms with E-state index in [1.165, 1.54) is 0 Å². The van der Waals surface area contributed by atoms with Crippen molar-refractivity contribution >= 4 is 5.97 Å². The molecule has 0 spiro atoms. The Labute approximate surface area is 95.0 Å². The van der Waals surface area contributed by atoms with Crippen LogP contribution in [0.15, 0.2) is 18.2 Å². The van der Waals surface area contributed by atoms with Crippen LogP contribution in [0.3, 0.4) is 0 Å². The Hall–Kier alpha value is -1.55. The molecule has 1 rings (SSSR count). The molecular weight excluding hydrogens is 206 g/mol. The number of hydrogen-bond donors (Lipinski definition) is 2. The molecule has 0 fully saturated rings. The van der Waals surface area contributed by atoms with Gasteiger partial charge in [-0.1, -0.05) is 12.1 Å². The normalized spacial score (nSPS) is 12.2. The zero-order valence-electron chi connectivity index (χ0n) is 9.56. The second-order valence-electron chi connectivity index (χ2n) is 3.78. The van der Waals surface area contributed by atoms with Gasteiger partial charge < -0.3 is 15.6 Å². The Morgan fingerprint density at radius 1 is 1.56 bits per heavy atom. The largest absolute Gasteiger partial charge is 0.496 e. The van der Waals surface area contributed by atoms with Crippen molar-refractivity contribution in [1.82, 2.24) is 0 Å². The van der Waals surface area contributed by atoms with Crippen LogP contribution < -0.4 is 10.5 Å². The van der Waals surface area contributed by atoms with Gasteiger partial charge in [-0.3, -0.25) is 4.79 Å². The van der Waals surface area contributed by atoms with Crippen molar-refractivity contribution in [2.45, 2.75) is 13.3 Å². The highest BCUT2D eigenvalue weighted by molar-refractivity contribution is 5.70. The Morgan fingerprint density at radius 3 is 2.69 bits per heavy atom. The molecule has 88 valence electrons. The average Bonchev–Trinajstić information content (AvgIpc) is 2.25. The number of ether oxygens (including phenoxy) is 1. The summed E-state index contributed by atoms with van der Waals surface area (Å²) in [7, 11) is 1.61. The predicted octanol–water partition coefficient (Wildman–Crippen LogP) is 1.21. The Balaban J connectivity index is 2.81. The zero-order chi connectivity index (χ0) is 12.1. The highest BCUT2D eigenvalue weighted by atomic mass is 16.5. The van der Waals surface area contributed by atoms with Crippen LogP contribution in [0.1, 0.15) is 11.1 Å². The van der Waals surface area contributed by atoms with Gasteiger partial charge in [0.05, 0.1) is 13.0 Å². The molecule has 0 aliphatic rings. The molecular formula is C12H17NO3. The first-order valence-electron chi connectivity index (χ1n) is 5.15. The molecule has 0 heterocycles. The van der Waals surface area contributed by atoms with Crippen LogP contribution in [-0.2, 0) is 11.2 Å². The number of benzene rings is 1. The van der Waals surface area contributed by atoms with Crippen LogP contribution in [0, 0.1) is 12.8 Å². The minimum Gasteiger partial charge on any atom is -0.496 e. The van der Waals surface area contributed by atoms with Gasteiger partial charge in [0.1, 0.15) is 5.75 Å². The van der Waals surface area contributed by atoms with Gasteiger partial charge in [0, 0.05) is 6.54 Å². The van der Waals surface area contributed by atoms with Gasteiger partial charge in [0.15, 0.2) is 0 Å². The molecule has 16 heavy (non-hydrogen) atoms. The van der Waals surface area contributed by atoms with Crippen LogP contribution in [-0.4, -0.2) is 24.7 Å². The number of hydrogen-bond acceptors (Lipinski definition) is 3. The van der Waals surface area contributed by atoms with Crippen LogP contribution in [0.25, 0.3) is 0 Å². The zero-order valence-corrected chi connectivity index (χ0v) is 9.56. The van der Waals surface area contributed by atoms with E-state index in [1.807, 2.05) is 25.1 Å². The third-order valence-corrected chi connectivity index (χ3v) is 2.58. The van der Waals surface area contributed by atoms with Gasteiger partial charge in [0.25, 0.3) is 0 Å². The SMILES string of the molecule is COc1ccc(CC(CN)C(=O)O)cc1C. The number of carboxylic acid groups (broad SMARTS) is 1. The fraction of sp³-hybridized carbons (Fsp3) is 0.417. The molecule has 0 aliphatic heterocycles. The fourth-order valence-electron chi connectivity index (χ4n) is 1.62. The lowest BCUT2D eigenvalue weighted by Crippen LogP contribution is -2.25. The lowest BCUT2D eigenvalue weighted by molar-refractivity contribution is -0.141. The maximum Gasteiger partial charge on any atom is 0.308 e. The second-order valence-corrected chi connectivity index (χ2v) is 3.78. The van der Waals surface area contributed by atoms with Gasteiger partial charge in [-0.2, -0.15) is 0 Å². The van der Waals surface area contributed by atoms with Crippen LogP contribution in [0.2, 0.25) is 0 Å². The van der Waals surface area contributed by atoms with Crippen molar-refractivity contribution in [3.8, 4) is 5.75 Å². The van der Waals surface area contributed by atoms with Gasteiger partial charge >= 0.3 is 5.97 Å². The summed E-state index contributed by atoms with van der Waals surface area (Å²) in [4.78, 5) is 10.8. The van der Waals surface area contributed by atoms with E-state index in [0.29, 0.717) is 6.42 Å². The van der Waals surface area contributed by atoms with E-state index in [-0.39, 0.29) is 6.54 Å². The molecule has 1 aromatic rings. The summed E-state index contributed by atoms with van der Waals surface area (Å²) >= 11 is 0. The van der Waals surface area contributed by atoms with Crippen LogP contribution >= 0.6 is 0 Å². The molecule has 0 aromatic heterocycles. The highest BCUT2D eigenvalue weighted by Crippen LogP contribution is 2.20. The number of nitrogens with two attached hydrogens (primary N) is 1. The molecule has 0 amide bonds. The summed E-state index contributed by atoms with van der Waals surface area (Å²) in [6.45, 7) is 2.08. The molecule has 1 atom stereocenters. The molecule has 1 unspecified atom stereocenters. The fourth-order valence-corrected chi connectivity index (χ4v) is 1.62. The minimum atomic E-state index is -0.851. The van der Waals surface area contributed by atoms with Gasteiger partial charge in [-0.05, 0) is 30.5 Å². The first kappa shape index (κ1) is 12.5. The molecule has 0 radical (unpaired) electrons. The number of carbonyl (C=O) groups is 1. The standard InChI is InChI=1S/C12H17NO3/c1-8-5-9(3-4-11(8)16-2)6-10(7-13)12(14)15/h3-5,10H,6-7,13H2,1-2H3,(H,14,15). The molecule has 0 aliphatic carbocycles. The number of carboxylic acids is 1. The van der Waals surface area contributed by atoms with E-state index in [1.54, 1.807) is 7.11 Å². The molecule has 0 saturated heterocycles.